The standard InChI is InChI=1S/C26H23F4NO6/c27-24(28)36-21-10-9-14(11-22(21)37-25(29)30)23(33)20(32)12-31-26(34)35-13-19-17-7-3-1-5-15(17)16-6-2-4-8-18(16)19/h1-11,19-20,23-25,32-33H,12-13H2,(H,31,34). The molecule has 3 aromatic rings. The number of ether oxygens (including phenoxy) is 3. The normalized spacial score (nSPS) is 14.2. The molecular formula is C26H23F4NO6. The summed E-state index contributed by atoms with van der Waals surface area (Å²) in [4.78, 5) is 12.3. The lowest BCUT2D eigenvalue weighted by molar-refractivity contribution is -0.0694. The zero-order valence-corrected chi connectivity index (χ0v) is 19.2. The van der Waals surface area contributed by atoms with E-state index in [-0.39, 0.29) is 18.1 Å². The third-order valence-corrected chi connectivity index (χ3v) is 5.91. The highest BCUT2D eigenvalue weighted by Crippen LogP contribution is 2.44. The highest BCUT2D eigenvalue weighted by Gasteiger charge is 2.29. The summed E-state index contributed by atoms with van der Waals surface area (Å²) in [5.74, 6) is -1.59. The second kappa shape index (κ2) is 11.5. The number of fused-ring (bicyclic) bond motifs is 3. The van der Waals surface area contributed by atoms with E-state index < -0.39 is 49.6 Å². The van der Waals surface area contributed by atoms with Crippen molar-refractivity contribution < 1.29 is 46.8 Å². The van der Waals surface area contributed by atoms with Gasteiger partial charge < -0.3 is 29.7 Å². The average molecular weight is 521 g/mol. The van der Waals surface area contributed by atoms with E-state index in [9.17, 15) is 32.6 Å². The van der Waals surface area contributed by atoms with Crippen molar-refractivity contribution in [1.82, 2.24) is 5.32 Å². The third-order valence-electron chi connectivity index (χ3n) is 5.91. The fourth-order valence-corrected chi connectivity index (χ4v) is 4.26. The summed E-state index contributed by atoms with van der Waals surface area (Å²) >= 11 is 0. The van der Waals surface area contributed by atoms with Crippen LogP contribution in [-0.4, -0.2) is 48.8 Å². The van der Waals surface area contributed by atoms with Gasteiger partial charge in [-0.05, 0) is 39.9 Å². The van der Waals surface area contributed by atoms with Crippen molar-refractivity contribution in [3.63, 3.8) is 0 Å². The lowest BCUT2D eigenvalue weighted by atomic mass is 9.98. The molecule has 11 heteroatoms. The van der Waals surface area contributed by atoms with Crippen LogP contribution in [0.25, 0.3) is 11.1 Å². The van der Waals surface area contributed by atoms with Crippen LogP contribution in [0.2, 0.25) is 0 Å². The van der Waals surface area contributed by atoms with E-state index in [2.05, 4.69) is 14.8 Å². The van der Waals surface area contributed by atoms with Crippen molar-refractivity contribution in [1.29, 1.82) is 0 Å². The summed E-state index contributed by atoms with van der Waals surface area (Å²) in [5, 5.41) is 23.0. The van der Waals surface area contributed by atoms with Gasteiger partial charge in [-0.1, -0.05) is 54.6 Å². The summed E-state index contributed by atoms with van der Waals surface area (Å²) in [6, 6.07) is 18.4. The number of halogens is 4. The maximum atomic E-state index is 12.6. The molecule has 7 nitrogen and oxygen atoms in total. The number of rotatable bonds is 10. The first-order chi connectivity index (χ1) is 17.7. The molecule has 0 bridgehead atoms. The number of carbonyl (C=O) groups excluding carboxylic acids is 1. The molecule has 0 spiro atoms. The SMILES string of the molecule is O=C(NCC(O)C(O)c1ccc(OC(F)F)c(OC(F)F)c1)OCC1c2ccccc2-c2ccccc21. The molecule has 0 saturated carbocycles. The number of alkyl halides is 4. The molecule has 1 amide bonds. The van der Waals surface area contributed by atoms with Crippen LogP contribution in [0.3, 0.4) is 0 Å². The van der Waals surface area contributed by atoms with Gasteiger partial charge in [-0.3, -0.25) is 0 Å². The number of amides is 1. The van der Waals surface area contributed by atoms with Gasteiger partial charge in [0.05, 0.1) is 0 Å². The van der Waals surface area contributed by atoms with Crippen LogP contribution in [-0.2, 0) is 4.74 Å². The Morgan fingerprint density at radius 2 is 1.41 bits per heavy atom. The smallest absolute Gasteiger partial charge is 0.407 e. The Hall–Kier alpha value is -3.83. The molecule has 3 aromatic carbocycles. The van der Waals surface area contributed by atoms with Crippen LogP contribution in [0.4, 0.5) is 22.4 Å². The van der Waals surface area contributed by atoms with E-state index in [0.29, 0.717) is 0 Å². The second-order valence-electron chi connectivity index (χ2n) is 8.18. The highest BCUT2D eigenvalue weighted by molar-refractivity contribution is 5.79. The van der Waals surface area contributed by atoms with Gasteiger partial charge >= 0.3 is 19.3 Å². The van der Waals surface area contributed by atoms with Crippen LogP contribution < -0.4 is 14.8 Å². The Labute approximate surface area is 209 Å². The lowest BCUT2D eigenvalue weighted by Crippen LogP contribution is -2.36. The molecule has 1 aliphatic rings. The van der Waals surface area contributed by atoms with E-state index in [1.807, 2.05) is 48.5 Å². The summed E-state index contributed by atoms with van der Waals surface area (Å²) in [5.41, 5.74) is 4.04. The Bertz CT molecular complexity index is 1200. The maximum absolute atomic E-state index is 12.6. The Balaban J connectivity index is 1.34. The monoisotopic (exact) mass is 521 g/mol. The summed E-state index contributed by atoms with van der Waals surface area (Å²) in [7, 11) is 0. The molecule has 1 aliphatic carbocycles. The van der Waals surface area contributed by atoms with Crippen molar-refractivity contribution in [2.75, 3.05) is 13.2 Å². The van der Waals surface area contributed by atoms with Gasteiger partial charge in [0.2, 0.25) is 0 Å². The van der Waals surface area contributed by atoms with Crippen molar-refractivity contribution in [3.05, 3.63) is 83.4 Å². The minimum absolute atomic E-state index is 0.0401. The topological polar surface area (TPSA) is 97.3 Å². The predicted molar refractivity (Wildman–Crippen MR) is 124 cm³/mol. The van der Waals surface area contributed by atoms with Crippen molar-refractivity contribution in [2.45, 2.75) is 31.3 Å². The van der Waals surface area contributed by atoms with E-state index in [1.54, 1.807) is 0 Å². The molecule has 37 heavy (non-hydrogen) atoms. The van der Waals surface area contributed by atoms with Crippen molar-refractivity contribution in [2.24, 2.45) is 0 Å². The zero-order valence-electron chi connectivity index (χ0n) is 19.2. The van der Waals surface area contributed by atoms with Crippen LogP contribution in [0.1, 0.15) is 28.7 Å². The van der Waals surface area contributed by atoms with Gasteiger partial charge in [0, 0.05) is 12.5 Å². The van der Waals surface area contributed by atoms with Crippen LogP contribution in [0, 0.1) is 0 Å². The molecule has 0 heterocycles. The molecule has 2 unspecified atom stereocenters. The predicted octanol–water partition coefficient (Wildman–Crippen LogP) is 4.82. The molecule has 4 rings (SSSR count). The van der Waals surface area contributed by atoms with Crippen molar-refractivity contribution in [3.8, 4) is 22.6 Å². The van der Waals surface area contributed by atoms with Crippen molar-refractivity contribution >= 4 is 6.09 Å². The van der Waals surface area contributed by atoms with Crippen LogP contribution >= 0.6 is 0 Å². The quantitative estimate of drug-likeness (QED) is 0.331. The highest BCUT2D eigenvalue weighted by atomic mass is 19.3. The number of aliphatic hydroxyl groups is 2. The third kappa shape index (κ3) is 6.12. The molecule has 2 atom stereocenters. The fourth-order valence-electron chi connectivity index (χ4n) is 4.26. The molecule has 0 fully saturated rings. The van der Waals surface area contributed by atoms with Crippen LogP contribution in [0.15, 0.2) is 66.7 Å². The lowest BCUT2D eigenvalue weighted by Gasteiger charge is -2.21. The van der Waals surface area contributed by atoms with Gasteiger partial charge in [0.25, 0.3) is 0 Å². The summed E-state index contributed by atoms with van der Waals surface area (Å²) < 4.78 is 64.0. The zero-order chi connectivity index (χ0) is 26.5. The first-order valence-electron chi connectivity index (χ1n) is 11.2. The minimum atomic E-state index is -3.34. The fraction of sp³-hybridized carbons (Fsp3) is 0.269. The number of hydrogen-bond donors (Lipinski definition) is 3. The molecule has 0 saturated heterocycles. The Morgan fingerprint density at radius 1 is 0.838 bits per heavy atom. The average Bonchev–Trinajstić information content (AvgIpc) is 3.19. The summed E-state index contributed by atoms with van der Waals surface area (Å²) in [6.45, 7) is -7.04. The van der Waals surface area contributed by atoms with E-state index in [0.717, 1.165) is 40.5 Å². The van der Waals surface area contributed by atoms with E-state index >= 15 is 0 Å². The molecule has 3 N–H and O–H groups in total. The molecule has 196 valence electrons. The van der Waals surface area contributed by atoms with Gasteiger partial charge in [0.15, 0.2) is 11.5 Å². The first kappa shape index (κ1) is 26.2. The second-order valence-corrected chi connectivity index (χ2v) is 8.18. The molecule has 0 aromatic heterocycles. The number of hydrogen-bond acceptors (Lipinski definition) is 6. The van der Waals surface area contributed by atoms with E-state index in [1.165, 1.54) is 0 Å². The molecule has 0 radical (unpaired) electrons. The molecular weight excluding hydrogens is 498 g/mol. The number of nitrogens with one attached hydrogen (secondary N) is 1. The summed E-state index contributed by atoms with van der Waals surface area (Å²) in [6.07, 6.45) is -4.09. The molecule has 0 aliphatic heterocycles. The van der Waals surface area contributed by atoms with E-state index in [4.69, 9.17) is 4.74 Å². The van der Waals surface area contributed by atoms with Crippen LogP contribution in [0.5, 0.6) is 11.5 Å². The Morgan fingerprint density at radius 3 is 2.00 bits per heavy atom. The van der Waals surface area contributed by atoms with Gasteiger partial charge in [0.1, 0.15) is 18.8 Å². The van der Waals surface area contributed by atoms with Gasteiger partial charge in [-0.15, -0.1) is 0 Å². The van der Waals surface area contributed by atoms with Gasteiger partial charge in [-0.25, -0.2) is 4.79 Å². The Kier molecular flexibility index (Phi) is 8.14. The maximum Gasteiger partial charge on any atom is 0.407 e. The van der Waals surface area contributed by atoms with Gasteiger partial charge in [-0.2, -0.15) is 17.6 Å². The number of benzene rings is 3. The largest absolute Gasteiger partial charge is 0.449 e. The number of carbonyl (C=O) groups is 1. The first-order valence-corrected chi connectivity index (χ1v) is 11.2. The minimum Gasteiger partial charge on any atom is -0.449 e. The number of alkyl carbamates (subject to hydrolysis) is 1. The number of aliphatic hydroxyl groups excluding tert-OH is 2.